The summed E-state index contributed by atoms with van der Waals surface area (Å²) in [5.41, 5.74) is 1.15. The van der Waals surface area contributed by atoms with E-state index in [-0.39, 0.29) is 24.8 Å². The predicted molar refractivity (Wildman–Crippen MR) is 75.1 cm³/mol. The monoisotopic (exact) mass is 278 g/mol. The van der Waals surface area contributed by atoms with Crippen LogP contribution in [0.5, 0.6) is 0 Å². The fourth-order valence-electron chi connectivity index (χ4n) is 1.38. The molecule has 0 aromatic heterocycles. The van der Waals surface area contributed by atoms with Crippen LogP contribution in [0.2, 0.25) is 0 Å². The molecular weight excluding hydrogens is 264 g/mol. The third-order valence-electron chi connectivity index (χ3n) is 2.32. The second-order valence-corrected chi connectivity index (χ2v) is 4.02. The molecule has 0 saturated carbocycles. The molecule has 0 unspecified atom stereocenters. The van der Waals surface area contributed by atoms with Crippen molar-refractivity contribution in [2.45, 2.75) is 6.42 Å². The number of halogens is 1. The number of carbonyl (C=O) groups excluding carboxylic acids is 2. The van der Waals surface area contributed by atoms with E-state index in [1.54, 1.807) is 25.2 Å². The van der Waals surface area contributed by atoms with Crippen molar-refractivity contribution < 1.29 is 9.59 Å². The summed E-state index contributed by atoms with van der Waals surface area (Å²) in [7, 11) is 1.57. The van der Waals surface area contributed by atoms with E-state index in [9.17, 15) is 9.59 Å². The lowest BCUT2D eigenvalue weighted by molar-refractivity contribution is -0.120. The zero-order valence-electron chi connectivity index (χ0n) is 10.6. The van der Waals surface area contributed by atoms with E-state index < -0.39 is 0 Å². The summed E-state index contributed by atoms with van der Waals surface area (Å²) in [6.07, 6.45) is 0.276. The second-order valence-electron chi connectivity index (χ2n) is 3.64. The Morgan fingerprint density at radius 2 is 2.05 bits per heavy atom. The normalized spacial score (nSPS) is 9.16. The van der Waals surface area contributed by atoms with Crippen molar-refractivity contribution in [2.75, 3.05) is 19.5 Å². The predicted octanol–water partition coefficient (Wildman–Crippen LogP) is 1.14. The van der Waals surface area contributed by atoms with Gasteiger partial charge in [-0.05, 0) is 12.1 Å². The molecule has 0 aliphatic heterocycles. The van der Waals surface area contributed by atoms with Crippen molar-refractivity contribution in [1.29, 1.82) is 0 Å². The quantitative estimate of drug-likeness (QED) is 0.641. The van der Waals surface area contributed by atoms with Gasteiger partial charge in [-0.25, -0.2) is 0 Å². The molecule has 4 nitrogen and oxygen atoms in total. The maximum atomic E-state index is 11.6. The van der Waals surface area contributed by atoms with Crippen molar-refractivity contribution in [3.05, 3.63) is 35.4 Å². The van der Waals surface area contributed by atoms with Gasteiger partial charge in [0.2, 0.25) is 5.91 Å². The molecule has 2 N–H and O–H groups in total. The van der Waals surface area contributed by atoms with Crippen LogP contribution in [0.3, 0.4) is 0 Å². The summed E-state index contributed by atoms with van der Waals surface area (Å²) in [6.45, 7) is 0.234. The van der Waals surface area contributed by atoms with Gasteiger partial charge in [0.1, 0.15) is 0 Å². The minimum atomic E-state index is -0.184. The molecule has 0 atom stereocenters. The van der Waals surface area contributed by atoms with Crippen molar-refractivity contribution in [2.24, 2.45) is 0 Å². The van der Waals surface area contributed by atoms with Gasteiger partial charge in [0.15, 0.2) is 0 Å². The van der Waals surface area contributed by atoms with Crippen LogP contribution in [0, 0.1) is 11.8 Å². The largest absolute Gasteiger partial charge is 0.355 e. The van der Waals surface area contributed by atoms with Crippen LogP contribution in [0.25, 0.3) is 0 Å². The third-order valence-corrected chi connectivity index (χ3v) is 2.51. The first kappa shape index (κ1) is 15.1. The van der Waals surface area contributed by atoms with E-state index in [2.05, 4.69) is 22.5 Å². The van der Waals surface area contributed by atoms with E-state index in [0.717, 1.165) is 0 Å². The first-order valence-electron chi connectivity index (χ1n) is 5.81. The second kappa shape index (κ2) is 8.17. The van der Waals surface area contributed by atoms with Crippen molar-refractivity contribution >= 4 is 23.4 Å². The third kappa shape index (κ3) is 5.02. The summed E-state index contributed by atoms with van der Waals surface area (Å²) in [4.78, 5) is 22.7. The molecule has 1 aromatic rings. The first-order valence-corrected chi connectivity index (χ1v) is 6.35. The van der Waals surface area contributed by atoms with Crippen molar-refractivity contribution in [1.82, 2.24) is 10.6 Å². The van der Waals surface area contributed by atoms with E-state index in [0.29, 0.717) is 17.0 Å². The van der Waals surface area contributed by atoms with Gasteiger partial charge < -0.3 is 10.6 Å². The van der Waals surface area contributed by atoms with Gasteiger partial charge in [0.25, 0.3) is 5.91 Å². The molecule has 0 fully saturated rings. The molecule has 0 saturated heterocycles. The molecule has 0 aliphatic rings. The standard InChI is InChI=1S/C14H15ClN2O2/c1-16-14(19)12-7-3-2-5-11(12)6-4-10-17-13(18)8-9-15/h2-3,5,7H,8-10H2,1H3,(H,16,19)(H,17,18). The van der Waals surface area contributed by atoms with Gasteiger partial charge in [-0.3, -0.25) is 9.59 Å². The van der Waals surface area contributed by atoms with Gasteiger partial charge in [-0.2, -0.15) is 0 Å². The highest BCUT2D eigenvalue weighted by molar-refractivity contribution is 6.18. The fraction of sp³-hybridized carbons (Fsp3) is 0.286. The number of nitrogens with one attached hydrogen (secondary N) is 2. The van der Waals surface area contributed by atoms with Crippen LogP contribution < -0.4 is 10.6 Å². The van der Waals surface area contributed by atoms with Gasteiger partial charge >= 0.3 is 0 Å². The summed E-state index contributed by atoms with van der Waals surface area (Å²) in [5, 5.41) is 5.17. The Kier molecular flexibility index (Phi) is 6.48. The molecule has 0 radical (unpaired) electrons. The molecule has 0 spiro atoms. The number of carbonyl (C=O) groups is 2. The highest BCUT2D eigenvalue weighted by atomic mass is 35.5. The van der Waals surface area contributed by atoms with E-state index in [4.69, 9.17) is 11.6 Å². The molecule has 19 heavy (non-hydrogen) atoms. The van der Waals surface area contributed by atoms with Crippen LogP contribution >= 0.6 is 11.6 Å². The van der Waals surface area contributed by atoms with Gasteiger partial charge in [0.05, 0.1) is 12.1 Å². The Balaban J connectivity index is 2.68. The van der Waals surface area contributed by atoms with E-state index in [1.807, 2.05) is 6.07 Å². The Morgan fingerprint density at radius 3 is 2.74 bits per heavy atom. The van der Waals surface area contributed by atoms with Crippen LogP contribution in [0.15, 0.2) is 24.3 Å². The number of rotatable bonds is 4. The van der Waals surface area contributed by atoms with Crippen molar-refractivity contribution in [3.63, 3.8) is 0 Å². The van der Waals surface area contributed by atoms with Crippen LogP contribution in [0.1, 0.15) is 22.3 Å². The minimum Gasteiger partial charge on any atom is -0.355 e. The highest BCUT2D eigenvalue weighted by Crippen LogP contribution is 2.06. The Morgan fingerprint density at radius 1 is 1.32 bits per heavy atom. The Hall–Kier alpha value is -1.99. The number of alkyl halides is 1. The Labute approximate surface area is 117 Å². The Bertz CT molecular complexity index is 518. The SMILES string of the molecule is CNC(=O)c1ccccc1C#CCNC(=O)CCCl. The zero-order valence-corrected chi connectivity index (χ0v) is 11.4. The van der Waals surface area contributed by atoms with Crippen LogP contribution in [-0.2, 0) is 4.79 Å². The maximum Gasteiger partial charge on any atom is 0.252 e. The maximum absolute atomic E-state index is 11.6. The summed E-state index contributed by atoms with van der Waals surface area (Å²) in [5.74, 6) is 5.64. The highest BCUT2D eigenvalue weighted by Gasteiger charge is 2.06. The van der Waals surface area contributed by atoms with Crippen molar-refractivity contribution in [3.8, 4) is 11.8 Å². The molecule has 1 rings (SSSR count). The number of hydrogen-bond donors (Lipinski definition) is 2. The minimum absolute atomic E-state index is 0.135. The molecule has 5 heteroatoms. The number of benzene rings is 1. The van der Waals surface area contributed by atoms with Crippen LogP contribution in [0.4, 0.5) is 0 Å². The summed E-state index contributed by atoms with van der Waals surface area (Å²) < 4.78 is 0. The molecule has 2 amide bonds. The smallest absolute Gasteiger partial charge is 0.252 e. The lowest BCUT2D eigenvalue weighted by Gasteiger charge is -2.02. The fourth-order valence-corrected chi connectivity index (χ4v) is 1.55. The average molecular weight is 279 g/mol. The first-order chi connectivity index (χ1) is 9.19. The topological polar surface area (TPSA) is 58.2 Å². The average Bonchev–Trinajstić information content (AvgIpc) is 2.43. The van der Waals surface area contributed by atoms with Gasteiger partial charge in [-0.1, -0.05) is 24.0 Å². The van der Waals surface area contributed by atoms with E-state index >= 15 is 0 Å². The number of hydrogen-bond acceptors (Lipinski definition) is 2. The van der Waals surface area contributed by atoms with E-state index in [1.165, 1.54) is 0 Å². The van der Waals surface area contributed by atoms with Gasteiger partial charge in [-0.15, -0.1) is 11.6 Å². The summed E-state index contributed by atoms with van der Waals surface area (Å²) in [6, 6.07) is 7.05. The summed E-state index contributed by atoms with van der Waals surface area (Å²) >= 11 is 5.44. The molecule has 0 aliphatic carbocycles. The molecule has 0 heterocycles. The lowest BCUT2D eigenvalue weighted by Crippen LogP contribution is -2.23. The molecule has 0 bridgehead atoms. The van der Waals surface area contributed by atoms with Gasteiger partial charge in [0, 0.05) is 24.9 Å². The van der Waals surface area contributed by atoms with Crippen LogP contribution in [-0.4, -0.2) is 31.3 Å². The number of amides is 2. The molecule has 1 aromatic carbocycles. The zero-order chi connectivity index (χ0) is 14.1. The molecule has 100 valence electrons. The lowest BCUT2D eigenvalue weighted by atomic mass is 10.1. The molecular formula is C14H15ClN2O2.